The molecule has 3 rings (SSSR count). The van der Waals surface area contributed by atoms with Crippen LogP contribution in [0, 0.1) is 5.92 Å². The lowest BCUT2D eigenvalue weighted by Gasteiger charge is -2.32. The Labute approximate surface area is 155 Å². The zero-order chi connectivity index (χ0) is 18.2. The number of aromatic nitrogens is 2. The van der Waals surface area contributed by atoms with Crippen LogP contribution in [-0.4, -0.2) is 49.8 Å². The third kappa shape index (κ3) is 4.69. The minimum absolute atomic E-state index is 0.698. The maximum atomic E-state index is 5.42. The summed E-state index contributed by atoms with van der Waals surface area (Å²) in [5.74, 6) is 3.26. The number of piperidine rings is 1. The minimum atomic E-state index is 0.698. The number of nitrogens with zero attached hydrogens (tertiary/aromatic N) is 3. The lowest BCUT2D eigenvalue weighted by atomic mass is 9.94. The van der Waals surface area contributed by atoms with Crippen molar-refractivity contribution in [1.82, 2.24) is 9.97 Å². The zero-order valence-electron chi connectivity index (χ0n) is 15.9. The normalized spacial score (nSPS) is 14.8. The highest BCUT2D eigenvalue weighted by molar-refractivity contribution is 7.97. The molecule has 2 heterocycles. The monoisotopic (exact) mass is 363 g/mol. The molecule has 25 heavy (non-hydrogen) atoms. The van der Waals surface area contributed by atoms with Crippen LogP contribution in [0.5, 0.6) is 11.5 Å². The molecule has 1 saturated heterocycles. The van der Waals surface area contributed by atoms with E-state index in [1.54, 1.807) is 32.3 Å². The number of methoxy groups -OCH3 is 2. The molecule has 0 N–H and O–H groups in total. The lowest BCUT2D eigenvalue weighted by molar-refractivity contribution is 0.355. The van der Waals surface area contributed by atoms with Gasteiger partial charge < -0.3 is 14.4 Å². The molecule has 0 spiro atoms. The molecule has 0 unspecified atom stereocenters. The quantitative estimate of drug-likeness (QED) is 0.809. The highest BCUT2D eigenvalue weighted by atomic mass is 32.2. The highest BCUT2D eigenvalue weighted by Gasteiger charge is 2.21. The first kappa shape index (κ1) is 19.6. The van der Waals surface area contributed by atoms with Crippen molar-refractivity contribution >= 4 is 28.5 Å². The molecule has 1 aliphatic heterocycles. The first-order chi connectivity index (χ1) is 12.2. The van der Waals surface area contributed by atoms with E-state index in [1.165, 1.54) is 19.3 Å². The van der Waals surface area contributed by atoms with Gasteiger partial charge >= 0.3 is 0 Å². The second-order valence-corrected chi connectivity index (χ2v) is 6.99. The van der Waals surface area contributed by atoms with Crippen LogP contribution in [0.25, 0.3) is 10.9 Å². The summed E-state index contributed by atoms with van der Waals surface area (Å²) in [6, 6.07) is 3.90. The van der Waals surface area contributed by atoms with E-state index < -0.39 is 0 Å². The summed E-state index contributed by atoms with van der Waals surface area (Å²) in [4.78, 5) is 11.3. The standard InChI is InChI=1S/C17H23N3O2.C2H6S/c1-4-12-5-7-20(8-6-12)17-13-9-15(21-2)16(22-3)10-14(13)18-11-19-17;1-3-2/h9-12H,4-8H2,1-3H3;1-2H3. The van der Waals surface area contributed by atoms with Crippen molar-refractivity contribution in [3.05, 3.63) is 18.5 Å². The zero-order valence-corrected chi connectivity index (χ0v) is 16.7. The van der Waals surface area contributed by atoms with Crippen LogP contribution in [0.3, 0.4) is 0 Å². The third-order valence-corrected chi connectivity index (χ3v) is 4.61. The molecular formula is C19H29N3O2S. The van der Waals surface area contributed by atoms with Crippen molar-refractivity contribution in [1.29, 1.82) is 0 Å². The SMILES string of the molecule is CCC1CCN(c2ncnc3cc(OC)c(OC)cc23)CC1.CSC. The van der Waals surface area contributed by atoms with E-state index in [-0.39, 0.29) is 0 Å². The number of rotatable bonds is 4. The number of ether oxygens (including phenoxy) is 2. The molecule has 0 saturated carbocycles. The van der Waals surface area contributed by atoms with Gasteiger partial charge in [0.15, 0.2) is 11.5 Å². The molecule has 5 nitrogen and oxygen atoms in total. The fourth-order valence-corrected chi connectivity index (χ4v) is 3.17. The Morgan fingerprint density at radius 1 is 1.08 bits per heavy atom. The van der Waals surface area contributed by atoms with Crippen LogP contribution < -0.4 is 14.4 Å². The van der Waals surface area contributed by atoms with E-state index in [9.17, 15) is 0 Å². The maximum absolute atomic E-state index is 5.42. The fraction of sp³-hybridized carbons (Fsp3) is 0.579. The molecule has 0 radical (unpaired) electrons. The van der Waals surface area contributed by atoms with E-state index in [0.29, 0.717) is 5.75 Å². The molecule has 6 heteroatoms. The first-order valence-electron chi connectivity index (χ1n) is 8.70. The predicted octanol–water partition coefficient (Wildman–Crippen LogP) is 4.25. The van der Waals surface area contributed by atoms with Crippen molar-refractivity contribution in [3.8, 4) is 11.5 Å². The molecule has 1 fully saturated rings. The van der Waals surface area contributed by atoms with E-state index >= 15 is 0 Å². The van der Waals surface area contributed by atoms with E-state index in [2.05, 4.69) is 21.8 Å². The molecule has 1 aromatic carbocycles. The summed E-state index contributed by atoms with van der Waals surface area (Å²) in [6.45, 7) is 4.38. The van der Waals surface area contributed by atoms with Crippen LogP contribution in [0.4, 0.5) is 5.82 Å². The Balaban J connectivity index is 0.000000701. The lowest BCUT2D eigenvalue weighted by Crippen LogP contribution is -2.34. The number of hydrogen-bond acceptors (Lipinski definition) is 6. The Hall–Kier alpha value is -1.69. The minimum Gasteiger partial charge on any atom is -0.493 e. The summed E-state index contributed by atoms with van der Waals surface area (Å²) in [5.41, 5.74) is 0.889. The van der Waals surface area contributed by atoms with Crippen molar-refractivity contribution < 1.29 is 9.47 Å². The average molecular weight is 364 g/mol. The number of fused-ring (bicyclic) bond motifs is 1. The molecule has 0 atom stereocenters. The van der Waals surface area contributed by atoms with Gasteiger partial charge in [0.25, 0.3) is 0 Å². The number of anilines is 1. The van der Waals surface area contributed by atoms with Gasteiger partial charge in [0.05, 0.1) is 19.7 Å². The second-order valence-electron chi connectivity index (χ2n) is 6.17. The summed E-state index contributed by atoms with van der Waals surface area (Å²) >= 11 is 1.75. The van der Waals surface area contributed by atoms with Crippen molar-refractivity contribution in [2.45, 2.75) is 26.2 Å². The van der Waals surface area contributed by atoms with Crippen molar-refractivity contribution in [2.24, 2.45) is 5.92 Å². The van der Waals surface area contributed by atoms with Gasteiger partial charge in [-0.05, 0) is 37.3 Å². The van der Waals surface area contributed by atoms with Crippen LogP contribution >= 0.6 is 11.8 Å². The number of benzene rings is 1. The molecule has 1 aliphatic rings. The summed E-state index contributed by atoms with van der Waals surface area (Å²) in [6.07, 6.45) is 9.45. The summed E-state index contributed by atoms with van der Waals surface area (Å²) in [7, 11) is 3.29. The number of thioether (sulfide) groups is 1. The molecule has 0 bridgehead atoms. The van der Waals surface area contributed by atoms with Gasteiger partial charge in [-0.1, -0.05) is 13.3 Å². The van der Waals surface area contributed by atoms with E-state index in [0.717, 1.165) is 41.5 Å². The van der Waals surface area contributed by atoms with Gasteiger partial charge in [-0.2, -0.15) is 11.8 Å². The Bertz CT molecular complexity index is 673. The summed E-state index contributed by atoms with van der Waals surface area (Å²) in [5, 5.41) is 1.02. The van der Waals surface area contributed by atoms with Gasteiger partial charge in [0.2, 0.25) is 0 Å². The predicted molar refractivity (Wildman–Crippen MR) is 107 cm³/mol. The van der Waals surface area contributed by atoms with Gasteiger partial charge in [-0.15, -0.1) is 0 Å². The highest BCUT2D eigenvalue weighted by Crippen LogP contribution is 2.35. The topological polar surface area (TPSA) is 47.5 Å². The molecule has 0 aliphatic carbocycles. The smallest absolute Gasteiger partial charge is 0.162 e. The Kier molecular flexibility index (Phi) is 7.62. The van der Waals surface area contributed by atoms with Crippen LogP contribution in [-0.2, 0) is 0 Å². The fourth-order valence-electron chi connectivity index (χ4n) is 3.17. The Morgan fingerprint density at radius 2 is 1.68 bits per heavy atom. The van der Waals surface area contributed by atoms with Crippen LogP contribution in [0.2, 0.25) is 0 Å². The number of hydrogen-bond donors (Lipinski definition) is 0. The van der Waals surface area contributed by atoms with Crippen molar-refractivity contribution in [2.75, 3.05) is 44.7 Å². The van der Waals surface area contributed by atoms with Gasteiger partial charge in [0, 0.05) is 24.5 Å². The largest absolute Gasteiger partial charge is 0.493 e. The van der Waals surface area contributed by atoms with Crippen LogP contribution in [0.1, 0.15) is 26.2 Å². The van der Waals surface area contributed by atoms with Crippen LogP contribution in [0.15, 0.2) is 18.5 Å². The van der Waals surface area contributed by atoms with E-state index in [1.807, 2.05) is 24.6 Å². The first-order valence-corrected chi connectivity index (χ1v) is 10.3. The second kappa shape index (κ2) is 9.70. The van der Waals surface area contributed by atoms with Crippen molar-refractivity contribution in [3.63, 3.8) is 0 Å². The molecule has 2 aromatic rings. The molecule has 0 amide bonds. The Morgan fingerprint density at radius 3 is 2.24 bits per heavy atom. The third-order valence-electron chi connectivity index (χ3n) is 4.61. The van der Waals surface area contributed by atoms with Gasteiger partial charge in [0.1, 0.15) is 12.1 Å². The van der Waals surface area contributed by atoms with Gasteiger partial charge in [-0.25, -0.2) is 9.97 Å². The maximum Gasteiger partial charge on any atom is 0.162 e. The average Bonchev–Trinajstić information content (AvgIpc) is 2.67. The van der Waals surface area contributed by atoms with E-state index in [4.69, 9.17) is 9.47 Å². The molecule has 138 valence electrons. The molecular weight excluding hydrogens is 334 g/mol. The molecule has 1 aromatic heterocycles. The summed E-state index contributed by atoms with van der Waals surface area (Å²) < 4.78 is 10.8. The van der Waals surface area contributed by atoms with Gasteiger partial charge in [-0.3, -0.25) is 0 Å².